The number of aliphatic carboxylic acids is 1. The van der Waals surface area contributed by atoms with Crippen LogP contribution in [0.15, 0.2) is 18.2 Å². The lowest BCUT2D eigenvalue weighted by atomic mass is 9.77. The number of nitriles is 1. The lowest BCUT2D eigenvalue weighted by Crippen LogP contribution is -2.24. The van der Waals surface area contributed by atoms with Gasteiger partial charge in [-0.2, -0.15) is 5.26 Å². The summed E-state index contributed by atoms with van der Waals surface area (Å²) < 4.78 is 11.8. The number of hydrogen-bond donors (Lipinski definition) is 1. The first kappa shape index (κ1) is 19.1. The second kappa shape index (κ2) is 7.66. The van der Waals surface area contributed by atoms with E-state index in [4.69, 9.17) is 9.47 Å². The van der Waals surface area contributed by atoms with Crippen LogP contribution < -0.4 is 9.47 Å². The molecule has 0 spiro atoms. The van der Waals surface area contributed by atoms with E-state index >= 15 is 0 Å². The van der Waals surface area contributed by atoms with E-state index in [9.17, 15) is 15.2 Å². The summed E-state index contributed by atoms with van der Waals surface area (Å²) in [5, 5.41) is 19.4. The standard InChI is InChI=1S/C23H29NO4/c1-27-20-8-7-18(11-21(20)28-19-5-3-2-4-6-19)23(14-24)12-16-9-15(22(25)26)10-17(16)13-23/h7-8,11,15-17,19H,2-6,9-10,12-13H2,1H3,(H,25,26). The molecule has 2 unspecified atom stereocenters. The van der Waals surface area contributed by atoms with E-state index in [0.717, 1.165) is 37.0 Å². The van der Waals surface area contributed by atoms with Gasteiger partial charge in [0.1, 0.15) is 0 Å². The largest absolute Gasteiger partial charge is 0.493 e. The Morgan fingerprint density at radius 1 is 1.14 bits per heavy atom. The number of ether oxygens (including phenoxy) is 2. The molecule has 0 bridgehead atoms. The fraction of sp³-hybridized carbons (Fsp3) is 0.652. The van der Waals surface area contributed by atoms with Crippen LogP contribution in [0.1, 0.15) is 63.4 Å². The van der Waals surface area contributed by atoms with Gasteiger partial charge in [-0.1, -0.05) is 12.5 Å². The first-order valence-corrected chi connectivity index (χ1v) is 10.5. The van der Waals surface area contributed by atoms with Crippen LogP contribution in [0.5, 0.6) is 11.5 Å². The highest BCUT2D eigenvalue weighted by Crippen LogP contribution is 2.56. The summed E-state index contributed by atoms with van der Waals surface area (Å²) in [6.45, 7) is 0. The number of methoxy groups -OCH3 is 1. The van der Waals surface area contributed by atoms with Crippen LogP contribution >= 0.6 is 0 Å². The van der Waals surface area contributed by atoms with Gasteiger partial charge in [0.2, 0.25) is 0 Å². The van der Waals surface area contributed by atoms with Gasteiger partial charge in [0.05, 0.1) is 30.6 Å². The molecule has 150 valence electrons. The maximum Gasteiger partial charge on any atom is 0.306 e. The average Bonchev–Trinajstić information content (AvgIpc) is 3.26. The summed E-state index contributed by atoms with van der Waals surface area (Å²) in [6.07, 6.45) is 8.90. The molecule has 4 rings (SSSR count). The van der Waals surface area contributed by atoms with Crippen molar-refractivity contribution in [2.75, 3.05) is 7.11 Å². The third-order valence-corrected chi connectivity index (χ3v) is 7.19. The number of nitrogens with zero attached hydrogens (tertiary/aromatic N) is 1. The minimum atomic E-state index is -0.690. The molecule has 3 aliphatic rings. The van der Waals surface area contributed by atoms with Crippen molar-refractivity contribution in [1.82, 2.24) is 0 Å². The van der Waals surface area contributed by atoms with Crippen molar-refractivity contribution < 1.29 is 19.4 Å². The highest BCUT2D eigenvalue weighted by Gasteiger charge is 2.52. The van der Waals surface area contributed by atoms with Crippen LogP contribution in [0.3, 0.4) is 0 Å². The molecule has 0 aliphatic heterocycles. The van der Waals surface area contributed by atoms with Gasteiger partial charge >= 0.3 is 5.97 Å². The Hall–Kier alpha value is -2.22. The number of rotatable bonds is 5. The predicted molar refractivity (Wildman–Crippen MR) is 104 cm³/mol. The van der Waals surface area contributed by atoms with Crippen LogP contribution in [0.2, 0.25) is 0 Å². The zero-order valence-corrected chi connectivity index (χ0v) is 16.5. The molecule has 5 nitrogen and oxygen atoms in total. The van der Waals surface area contributed by atoms with Gasteiger partial charge in [-0.25, -0.2) is 0 Å². The lowest BCUT2D eigenvalue weighted by Gasteiger charge is -2.27. The van der Waals surface area contributed by atoms with E-state index in [0.29, 0.717) is 30.4 Å². The second-order valence-corrected chi connectivity index (χ2v) is 8.87. The van der Waals surface area contributed by atoms with Crippen molar-refractivity contribution >= 4 is 5.97 Å². The molecular weight excluding hydrogens is 354 g/mol. The highest BCUT2D eigenvalue weighted by atomic mass is 16.5. The van der Waals surface area contributed by atoms with Gasteiger partial charge in [0, 0.05) is 0 Å². The van der Waals surface area contributed by atoms with Gasteiger partial charge in [0.15, 0.2) is 11.5 Å². The van der Waals surface area contributed by atoms with Crippen LogP contribution in [0, 0.1) is 29.1 Å². The van der Waals surface area contributed by atoms with Gasteiger partial charge in [-0.3, -0.25) is 4.79 Å². The highest BCUT2D eigenvalue weighted by molar-refractivity contribution is 5.70. The Kier molecular flexibility index (Phi) is 5.23. The molecule has 3 fully saturated rings. The molecule has 0 saturated heterocycles. The molecule has 0 aromatic heterocycles. The van der Waals surface area contributed by atoms with E-state index in [1.807, 2.05) is 18.2 Å². The first-order valence-electron chi connectivity index (χ1n) is 10.5. The average molecular weight is 383 g/mol. The molecule has 0 radical (unpaired) electrons. The Morgan fingerprint density at radius 3 is 2.39 bits per heavy atom. The van der Waals surface area contributed by atoms with Crippen molar-refractivity contribution in [3.8, 4) is 17.6 Å². The quantitative estimate of drug-likeness (QED) is 0.798. The topological polar surface area (TPSA) is 79.5 Å². The van der Waals surface area contributed by atoms with Gasteiger partial charge in [-0.05, 0) is 80.9 Å². The fourth-order valence-corrected chi connectivity index (χ4v) is 5.71. The summed E-state index contributed by atoms with van der Waals surface area (Å²) >= 11 is 0. The summed E-state index contributed by atoms with van der Waals surface area (Å²) in [5.74, 6) is 1.17. The molecule has 0 heterocycles. The molecule has 1 aromatic rings. The maximum absolute atomic E-state index is 11.3. The van der Waals surface area contributed by atoms with Crippen molar-refractivity contribution in [3.05, 3.63) is 23.8 Å². The molecule has 3 saturated carbocycles. The summed E-state index contributed by atoms with van der Waals surface area (Å²) in [4.78, 5) is 11.3. The number of benzene rings is 1. The number of carboxylic acids is 1. The first-order chi connectivity index (χ1) is 13.5. The summed E-state index contributed by atoms with van der Waals surface area (Å²) in [7, 11) is 1.65. The Morgan fingerprint density at radius 2 is 1.82 bits per heavy atom. The molecule has 1 N–H and O–H groups in total. The minimum Gasteiger partial charge on any atom is -0.493 e. The monoisotopic (exact) mass is 383 g/mol. The Labute approximate surface area is 166 Å². The van der Waals surface area contributed by atoms with E-state index in [1.165, 1.54) is 19.3 Å². The van der Waals surface area contributed by atoms with Crippen LogP contribution in [-0.4, -0.2) is 24.3 Å². The SMILES string of the molecule is COc1ccc(C2(C#N)CC3CC(C(=O)O)CC3C2)cc1OC1CCCCC1. The number of carbonyl (C=O) groups is 1. The zero-order chi connectivity index (χ0) is 19.7. The normalized spacial score (nSPS) is 32.5. The van der Waals surface area contributed by atoms with Crippen LogP contribution in [0.4, 0.5) is 0 Å². The molecule has 5 heteroatoms. The van der Waals surface area contributed by atoms with Gasteiger partial charge in [0.25, 0.3) is 0 Å². The molecule has 2 atom stereocenters. The van der Waals surface area contributed by atoms with E-state index < -0.39 is 11.4 Å². The smallest absolute Gasteiger partial charge is 0.306 e. The summed E-state index contributed by atoms with van der Waals surface area (Å²) in [6, 6.07) is 8.51. The van der Waals surface area contributed by atoms with Crippen molar-refractivity contribution in [2.45, 2.75) is 69.3 Å². The second-order valence-electron chi connectivity index (χ2n) is 8.87. The molecule has 3 aliphatic carbocycles. The Balaban J connectivity index is 1.57. The van der Waals surface area contributed by atoms with Crippen LogP contribution in [-0.2, 0) is 10.2 Å². The third-order valence-electron chi connectivity index (χ3n) is 7.19. The molecule has 1 aromatic carbocycles. The van der Waals surface area contributed by atoms with Gasteiger partial charge in [-0.15, -0.1) is 0 Å². The van der Waals surface area contributed by atoms with Crippen molar-refractivity contribution in [3.63, 3.8) is 0 Å². The van der Waals surface area contributed by atoms with E-state index in [-0.39, 0.29) is 12.0 Å². The fourth-order valence-electron chi connectivity index (χ4n) is 5.71. The number of hydrogen-bond acceptors (Lipinski definition) is 4. The zero-order valence-electron chi connectivity index (χ0n) is 16.5. The number of carboxylic acid groups (broad SMARTS) is 1. The van der Waals surface area contributed by atoms with Crippen molar-refractivity contribution in [2.24, 2.45) is 17.8 Å². The van der Waals surface area contributed by atoms with Gasteiger partial charge < -0.3 is 14.6 Å². The van der Waals surface area contributed by atoms with Crippen molar-refractivity contribution in [1.29, 1.82) is 5.26 Å². The maximum atomic E-state index is 11.3. The minimum absolute atomic E-state index is 0.218. The molecule has 0 amide bonds. The Bertz CT molecular complexity index is 763. The predicted octanol–water partition coefficient (Wildman–Crippen LogP) is 4.69. The van der Waals surface area contributed by atoms with E-state index in [1.54, 1.807) is 7.11 Å². The molecular formula is C23H29NO4. The summed E-state index contributed by atoms with van der Waals surface area (Å²) in [5.41, 5.74) is 0.443. The van der Waals surface area contributed by atoms with Crippen LogP contribution in [0.25, 0.3) is 0 Å². The lowest BCUT2D eigenvalue weighted by molar-refractivity contribution is -0.141. The molecule has 28 heavy (non-hydrogen) atoms. The number of fused-ring (bicyclic) bond motifs is 1. The third kappa shape index (κ3) is 3.45. The van der Waals surface area contributed by atoms with E-state index in [2.05, 4.69) is 6.07 Å².